The van der Waals surface area contributed by atoms with Crippen LogP contribution in [0.1, 0.15) is 40.9 Å². The summed E-state index contributed by atoms with van der Waals surface area (Å²) in [4.78, 5) is 23.9. The zero-order chi connectivity index (χ0) is 14.3. The molecule has 0 aliphatic carbocycles. The predicted octanol–water partition coefficient (Wildman–Crippen LogP) is 3.96. The van der Waals surface area contributed by atoms with Crippen molar-refractivity contribution in [3.05, 3.63) is 20.8 Å². The molecule has 0 aliphatic heterocycles. The predicted molar refractivity (Wildman–Crippen MR) is 83.7 cm³/mol. The van der Waals surface area contributed by atoms with E-state index in [4.69, 9.17) is 11.6 Å². The third kappa shape index (κ3) is 5.63. The molecule has 0 unspecified atom stereocenters. The van der Waals surface area contributed by atoms with E-state index >= 15 is 0 Å². The van der Waals surface area contributed by atoms with Crippen LogP contribution in [-0.2, 0) is 4.79 Å². The lowest BCUT2D eigenvalue weighted by Gasteiger charge is -2.04. The van der Waals surface area contributed by atoms with E-state index in [2.05, 4.69) is 21.2 Å². The maximum atomic E-state index is 11.9. The van der Waals surface area contributed by atoms with Crippen molar-refractivity contribution >= 4 is 50.6 Å². The number of unbranched alkanes of at least 4 members (excludes halogenated alkanes) is 2. The highest BCUT2D eigenvalue weighted by Crippen LogP contribution is 2.27. The molecule has 0 atom stereocenters. The molecule has 0 fully saturated rings. The van der Waals surface area contributed by atoms with Crippen molar-refractivity contribution in [3.63, 3.8) is 0 Å². The average molecular weight is 367 g/mol. The quantitative estimate of drug-likeness (QED) is 0.430. The van der Waals surface area contributed by atoms with Gasteiger partial charge in [-0.15, -0.1) is 11.3 Å². The number of hydrogen-bond donors (Lipinski definition) is 1. The molecule has 106 valence electrons. The van der Waals surface area contributed by atoms with Crippen molar-refractivity contribution in [2.24, 2.45) is 0 Å². The van der Waals surface area contributed by atoms with Crippen molar-refractivity contribution in [3.8, 4) is 0 Å². The Morgan fingerprint density at radius 2 is 2.11 bits per heavy atom. The molecule has 1 aromatic heterocycles. The van der Waals surface area contributed by atoms with Gasteiger partial charge in [0.2, 0.25) is 5.91 Å². The van der Waals surface area contributed by atoms with Crippen molar-refractivity contribution < 1.29 is 9.59 Å². The van der Waals surface area contributed by atoms with Gasteiger partial charge in [0.25, 0.3) is 0 Å². The van der Waals surface area contributed by atoms with E-state index in [0.29, 0.717) is 16.3 Å². The van der Waals surface area contributed by atoms with Crippen LogP contribution in [-0.4, -0.2) is 23.6 Å². The third-order valence-corrected chi connectivity index (χ3v) is 4.93. The minimum atomic E-state index is -0.128. The number of halogens is 2. The number of amides is 1. The van der Waals surface area contributed by atoms with Crippen LogP contribution in [0.2, 0.25) is 5.02 Å². The van der Waals surface area contributed by atoms with Gasteiger partial charge in [0, 0.05) is 11.8 Å². The molecule has 0 saturated carbocycles. The first-order valence-electron chi connectivity index (χ1n) is 6.15. The average Bonchev–Trinajstić information content (AvgIpc) is 2.72. The molecule has 1 heterocycles. The topological polar surface area (TPSA) is 46.2 Å². The Hall–Kier alpha value is -0.390. The van der Waals surface area contributed by atoms with Gasteiger partial charge >= 0.3 is 0 Å². The monoisotopic (exact) mass is 365 g/mol. The molecule has 0 radical (unpaired) electrons. The lowest BCUT2D eigenvalue weighted by Crippen LogP contribution is -2.29. The van der Waals surface area contributed by atoms with Crippen LogP contribution in [0.5, 0.6) is 0 Å². The minimum absolute atomic E-state index is 0.0248. The van der Waals surface area contributed by atoms with E-state index in [1.165, 1.54) is 11.3 Å². The molecule has 0 aromatic carbocycles. The van der Waals surface area contributed by atoms with Crippen molar-refractivity contribution in [2.45, 2.75) is 32.6 Å². The lowest BCUT2D eigenvalue weighted by atomic mass is 10.2. The number of rotatable bonds is 8. The number of alkyl halides is 1. The minimum Gasteiger partial charge on any atom is -0.349 e. The SMILES string of the molecule is Cc1csc(C(=O)CNC(=O)CCCCCBr)c1Cl. The molecule has 19 heavy (non-hydrogen) atoms. The van der Waals surface area contributed by atoms with Gasteiger partial charge < -0.3 is 5.32 Å². The van der Waals surface area contributed by atoms with Crippen LogP contribution in [0.3, 0.4) is 0 Å². The van der Waals surface area contributed by atoms with Gasteiger partial charge in [-0.25, -0.2) is 0 Å². The van der Waals surface area contributed by atoms with Crippen molar-refractivity contribution in [2.75, 3.05) is 11.9 Å². The molecule has 6 heteroatoms. The molecule has 0 bridgehead atoms. The molecule has 1 aromatic rings. The van der Waals surface area contributed by atoms with Gasteiger partial charge in [-0.1, -0.05) is 34.0 Å². The molecular weight excluding hydrogens is 350 g/mol. The Bertz CT molecular complexity index is 448. The van der Waals surface area contributed by atoms with Crippen LogP contribution in [0, 0.1) is 6.92 Å². The second kappa shape index (κ2) is 8.72. The highest BCUT2D eigenvalue weighted by Gasteiger charge is 2.15. The van der Waals surface area contributed by atoms with E-state index < -0.39 is 0 Å². The Kier molecular flexibility index (Phi) is 7.64. The summed E-state index contributed by atoms with van der Waals surface area (Å²) >= 11 is 10.7. The summed E-state index contributed by atoms with van der Waals surface area (Å²) < 4.78 is 0. The third-order valence-electron chi connectivity index (χ3n) is 2.64. The van der Waals surface area contributed by atoms with E-state index in [1.807, 2.05) is 12.3 Å². The summed E-state index contributed by atoms with van der Waals surface area (Å²) in [7, 11) is 0. The van der Waals surface area contributed by atoms with E-state index in [1.54, 1.807) is 0 Å². The van der Waals surface area contributed by atoms with Gasteiger partial charge in [0.15, 0.2) is 5.78 Å². The van der Waals surface area contributed by atoms with Crippen LogP contribution in [0.4, 0.5) is 0 Å². The smallest absolute Gasteiger partial charge is 0.220 e. The summed E-state index contributed by atoms with van der Waals surface area (Å²) in [6.45, 7) is 1.88. The van der Waals surface area contributed by atoms with Crippen molar-refractivity contribution in [1.29, 1.82) is 0 Å². The van der Waals surface area contributed by atoms with Gasteiger partial charge in [-0.05, 0) is 30.7 Å². The second-order valence-corrected chi connectivity index (χ2v) is 6.31. The van der Waals surface area contributed by atoms with Crippen LogP contribution in [0.15, 0.2) is 5.38 Å². The van der Waals surface area contributed by atoms with Crippen molar-refractivity contribution in [1.82, 2.24) is 5.32 Å². The van der Waals surface area contributed by atoms with Gasteiger partial charge in [-0.3, -0.25) is 9.59 Å². The number of Topliss-reactive ketones (excluding diaryl/α,β-unsaturated/α-hetero) is 1. The number of aryl methyl sites for hydroxylation is 1. The van der Waals surface area contributed by atoms with Gasteiger partial charge in [0.05, 0.1) is 16.4 Å². The van der Waals surface area contributed by atoms with Crippen LogP contribution in [0.25, 0.3) is 0 Å². The molecule has 1 amide bonds. The summed E-state index contributed by atoms with van der Waals surface area (Å²) in [6, 6.07) is 0. The standard InChI is InChI=1S/C13H17BrClNO2S/c1-9-8-19-13(12(9)15)10(17)7-16-11(18)5-3-2-4-6-14/h8H,2-7H2,1H3,(H,16,18). The fourth-order valence-corrected chi connectivity index (χ4v) is 3.16. The van der Waals surface area contributed by atoms with E-state index in [0.717, 1.165) is 30.2 Å². The van der Waals surface area contributed by atoms with Crippen LogP contribution < -0.4 is 5.32 Å². The van der Waals surface area contributed by atoms with Gasteiger partial charge in [-0.2, -0.15) is 0 Å². The molecule has 1 N–H and O–H groups in total. The number of thiophene rings is 1. The van der Waals surface area contributed by atoms with Crippen LogP contribution >= 0.6 is 38.9 Å². The molecular formula is C13H17BrClNO2S. The number of carbonyl (C=O) groups is 2. The summed E-state index contributed by atoms with van der Waals surface area (Å²) in [6.07, 6.45) is 3.40. The molecule has 0 spiro atoms. The number of hydrogen-bond acceptors (Lipinski definition) is 3. The Balaban J connectivity index is 2.30. The molecule has 1 rings (SSSR count). The maximum Gasteiger partial charge on any atom is 0.220 e. The van der Waals surface area contributed by atoms with E-state index in [9.17, 15) is 9.59 Å². The normalized spacial score (nSPS) is 10.5. The zero-order valence-electron chi connectivity index (χ0n) is 10.8. The fourth-order valence-electron chi connectivity index (χ4n) is 1.52. The largest absolute Gasteiger partial charge is 0.349 e. The number of ketones is 1. The highest BCUT2D eigenvalue weighted by atomic mass is 79.9. The lowest BCUT2D eigenvalue weighted by molar-refractivity contribution is -0.121. The maximum absolute atomic E-state index is 11.9. The Labute approximate surface area is 130 Å². The molecule has 0 saturated heterocycles. The Morgan fingerprint density at radius 3 is 2.68 bits per heavy atom. The first-order valence-corrected chi connectivity index (χ1v) is 8.53. The first-order chi connectivity index (χ1) is 9.06. The molecule has 3 nitrogen and oxygen atoms in total. The summed E-state index contributed by atoms with van der Waals surface area (Å²) in [5, 5.41) is 5.95. The molecule has 0 aliphatic rings. The fraction of sp³-hybridized carbons (Fsp3) is 0.538. The zero-order valence-corrected chi connectivity index (χ0v) is 14.0. The number of nitrogens with one attached hydrogen (secondary N) is 1. The Morgan fingerprint density at radius 1 is 1.37 bits per heavy atom. The highest BCUT2D eigenvalue weighted by molar-refractivity contribution is 9.09. The van der Waals surface area contributed by atoms with Gasteiger partial charge in [0.1, 0.15) is 0 Å². The summed E-state index contributed by atoms with van der Waals surface area (Å²) in [5.74, 6) is -0.204. The second-order valence-electron chi connectivity index (χ2n) is 4.26. The first kappa shape index (κ1) is 16.7. The number of carbonyl (C=O) groups excluding carboxylic acids is 2. The van der Waals surface area contributed by atoms with E-state index in [-0.39, 0.29) is 18.2 Å². The summed E-state index contributed by atoms with van der Waals surface area (Å²) in [5.41, 5.74) is 0.899.